The van der Waals surface area contributed by atoms with Crippen molar-refractivity contribution in [2.45, 2.75) is 34.1 Å². The molecular formula is C17H23NO. The number of hydrogen-bond donors (Lipinski definition) is 0. The molecule has 0 bridgehead atoms. The highest BCUT2D eigenvalue weighted by Gasteiger charge is 2.28. The fraction of sp³-hybridized carbons (Fsp3) is 0.471. The second kappa shape index (κ2) is 5.20. The van der Waals surface area contributed by atoms with Crippen molar-refractivity contribution < 1.29 is 4.79 Å². The van der Waals surface area contributed by atoms with Gasteiger partial charge in [-0.05, 0) is 24.5 Å². The van der Waals surface area contributed by atoms with Crippen molar-refractivity contribution in [3.05, 3.63) is 41.5 Å². The van der Waals surface area contributed by atoms with Crippen LogP contribution in [-0.2, 0) is 4.79 Å². The summed E-state index contributed by atoms with van der Waals surface area (Å²) in [5, 5.41) is 0. The number of aryl methyl sites for hydroxylation is 1. The molecule has 1 heterocycles. The van der Waals surface area contributed by atoms with Crippen LogP contribution in [0.3, 0.4) is 0 Å². The summed E-state index contributed by atoms with van der Waals surface area (Å²) in [4.78, 5) is 14.2. The zero-order valence-corrected chi connectivity index (χ0v) is 12.4. The van der Waals surface area contributed by atoms with Gasteiger partial charge in [-0.15, -0.1) is 0 Å². The Bertz CT molecular complexity index is 491. The van der Waals surface area contributed by atoms with E-state index in [0.717, 1.165) is 19.5 Å². The first-order valence-electron chi connectivity index (χ1n) is 6.93. The summed E-state index contributed by atoms with van der Waals surface area (Å²) in [6, 6.07) is 8.62. The lowest BCUT2D eigenvalue weighted by Crippen LogP contribution is -2.41. The molecule has 0 unspecified atom stereocenters. The van der Waals surface area contributed by atoms with Crippen molar-refractivity contribution >= 4 is 11.5 Å². The van der Waals surface area contributed by atoms with Crippen LogP contribution in [0.4, 0.5) is 0 Å². The van der Waals surface area contributed by atoms with Crippen LogP contribution in [0.15, 0.2) is 30.3 Å². The van der Waals surface area contributed by atoms with Gasteiger partial charge in [0.05, 0.1) is 0 Å². The van der Waals surface area contributed by atoms with Crippen LogP contribution in [0.2, 0.25) is 0 Å². The molecule has 102 valence electrons. The minimum Gasteiger partial charge on any atom is -0.338 e. The second-order valence-corrected chi connectivity index (χ2v) is 6.35. The zero-order chi connectivity index (χ0) is 14.0. The molecule has 0 spiro atoms. The fourth-order valence-electron chi connectivity index (χ4n) is 2.36. The van der Waals surface area contributed by atoms with E-state index in [9.17, 15) is 4.79 Å². The van der Waals surface area contributed by atoms with Gasteiger partial charge in [-0.2, -0.15) is 0 Å². The maximum absolute atomic E-state index is 12.2. The molecule has 19 heavy (non-hydrogen) atoms. The second-order valence-electron chi connectivity index (χ2n) is 6.35. The standard InChI is InChI=1S/C17H23NO/c1-13-5-7-14(8-6-13)15-9-11-18(12-10-15)16(19)17(2,3)4/h5-9H,10-12H2,1-4H3. The number of carbonyl (C=O) groups is 1. The Morgan fingerprint density at radius 1 is 1.16 bits per heavy atom. The molecule has 0 saturated carbocycles. The minimum atomic E-state index is -0.283. The van der Waals surface area contributed by atoms with Gasteiger partial charge >= 0.3 is 0 Å². The van der Waals surface area contributed by atoms with Gasteiger partial charge in [0.25, 0.3) is 0 Å². The minimum absolute atomic E-state index is 0.242. The number of hydrogen-bond acceptors (Lipinski definition) is 1. The molecule has 2 nitrogen and oxygen atoms in total. The first-order valence-corrected chi connectivity index (χ1v) is 6.93. The van der Waals surface area contributed by atoms with Gasteiger partial charge in [0.1, 0.15) is 0 Å². The van der Waals surface area contributed by atoms with E-state index in [0.29, 0.717) is 0 Å². The Balaban J connectivity index is 2.08. The van der Waals surface area contributed by atoms with Crippen molar-refractivity contribution in [2.24, 2.45) is 5.41 Å². The third kappa shape index (κ3) is 3.25. The predicted molar refractivity (Wildman–Crippen MR) is 79.8 cm³/mol. The molecule has 0 aromatic heterocycles. The molecule has 1 amide bonds. The van der Waals surface area contributed by atoms with Gasteiger partial charge in [0, 0.05) is 18.5 Å². The van der Waals surface area contributed by atoms with E-state index >= 15 is 0 Å². The Morgan fingerprint density at radius 2 is 1.79 bits per heavy atom. The van der Waals surface area contributed by atoms with Crippen molar-refractivity contribution in [1.82, 2.24) is 4.90 Å². The largest absolute Gasteiger partial charge is 0.338 e. The summed E-state index contributed by atoms with van der Waals surface area (Å²) < 4.78 is 0. The van der Waals surface area contributed by atoms with Crippen molar-refractivity contribution in [3.8, 4) is 0 Å². The van der Waals surface area contributed by atoms with Gasteiger partial charge in [-0.1, -0.05) is 56.7 Å². The van der Waals surface area contributed by atoms with Crippen molar-refractivity contribution in [3.63, 3.8) is 0 Å². The normalized spacial score (nSPS) is 16.2. The molecule has 1 aromatic carbocycles. The summed E-state index contributed by atoms with van der Waals surface area (Å²) in [5.74, 6) is 0.242. The number of benzene rings is 1. The zero-order valence-electron chi connectivity index (χ0n) is 12.4. The smallest absolute Gasteiger partial charge is 0.228 e. The maximum Gasteiger partial charge on any atom is 0.228 e. The molecule has 0 atom stereocenters. The molecule has 0 saturated heterocycles. The quantitative estimate of drug-likeness (QED) is 0.752. The molecule has 1 aromatic rings. The Kier molecular flexibility index (Phi) is 3.79. The third-order valence-electron chi connectivity index (χ3n) is 3.56. The molecule has 1 aliphatic heterocycles. The fourth-order valence-corrected chi connectivity index (χ4v) is 2.36. The molecule has 0 aliphatic carbocycles. The van der Waals surface area contributed by atoms with Crippen LogP contribution in [0.1, 0.15) is 38.3 Å². The lowest BCUT2D eigenvalue weighted by atomic mass is 9.92. The predicted octanol–water partition coefficient (Wildman–Crippen LogP) is 3.66. The summed E-state index contributed by atoms with van der Waals surface area (Å²) in [6.45, 7) is 9.61. The van der Waals surface area contributed by atoms with E-state index in [1.54, 1.807) is 0 Å². The van der Waals surface area contributed by atoms with E-state index in [-0.39, 0.29) is 11.3 Å². The van der Waals surface area contributed by atoms with Gasteiger partial charge < -0.3 is 4.90 Å². The van der Waals surface area contributed by atoms with Gasteiger partial charge in [-0.25, -0.2) is 0 Å². The van der Waals surface area contributed by atoms with Crippen LogP contribution in [0.5, 0.6) is 0 Å². The number of nitrogens with zero attached hydrogens (tertiary/aromatic N) is 1. The average Bonchev–Trinajstić information content (AvgIpc) is 2.38. The molecule has 0 N–H and O–H groups in total. The highest BCUT2D eigenvalue weighted by atomic mass is 16.2. The number of rotatable bonds is 1. The van der Waals surface area contributed by atoms with E-state index < -0.39 is 0 Å². The first-order chi connectivity index (χ1) is 8.88. The van der Waals surface area contributed by atoms with E-state index in [4.69, 9.17) is 0 Å². The Labute approximate surface area is 116 Å². The molecular weight excluding hydrogens is 234 g/mol. The molecule has 2 heteroatoms. The maximum atomic E-state index is 12.2. The van der Waals surface area contributed by atoms with Crippen molar-refractivity contribution in [2.75, 3.05) is 13.1 Å². The van der Waals surface area contributed by atoms with Crippen molar-refractivity contribution in [1.29, 1.82) is 0 Å². The van der Waals surface area contributed by atoms with E-state index in [2.05, 4.69) is 37.3 Å². The van der Waals surface area contributed by atoms with Gasteiger partial charge in [-0.3, -0.25) is 4.79 Å². The van der Waals surface area contributed by atoms with Crippen LogP contribution in [-0.4, -0.2) is 23.9 Å². The van der Waals surface area contributed by atoms with Crippen LogP contribution in [0, 0.1) is 12.3 Å². The summed E-state index contributed by atoms with van der Waals surface area (Å²) in [5.41, 5.74) is 3.64. The topological polar surface area (TPSA) is 20.3 Å². The summed E-state index contributed by atoms with van der Waals surface area (Å²) >= 11 is 0. The summed E-state index contributed by atoms with van der Waals surface area (Å²) in [7, 11) is 0. The average molecular weight is 257 g/mol. The first kappa shape index (κ1) is 13.9. The number of carbonyl (C=O) groups excluding carboxylic acids is 1. The SMILES string of the molecule is Cc1ccc(C2=CCN(C(=O)C(C)(C)C)CC2)cc1. The Morgan fingerprint density at radius 3 is 2.26 bits per heavy atom. The Hall–Kier alpha value is -1.57. The van der Waals surface area contributed by atoms with Gasteiger partial charge in [0.2, 0.25) is 5.91 Å². The lowest BCUT2D eigenvalue weighted by molar-refractivity contribution is -0.138. The van der Waals surface area contributed by atoms with Gasteiger partial charge in [0.15, 0.2) is 0 Å². The lowest BCUT2D eigenvalue weighted by Gasteiger charge is -2.32. The summed E-state index contributed by atoms with van der Waals surface area (Å²) in [6.07, 6.45) is 3.14. The highest BCUT2D eigenvalue weighted by molar-refractivity contribution is 5.82. The molecule has 0 radical (unpaired) electrons. The van der Waals surface area contributed by atoms with Crippen LogP contribution >= 0.6 is 0 Å². The number of amides is 1. The molecule has 2 rings (SSSR count). The highest BCUT2D eigenvalue weighted by Crippen LogP contribution is 2.25. The van der Waals surface area contributed by atoms with Crippen LogP contribution < -0.4 is 0 Å². The van der Waals surface area contributed by atoms with Crippen LogP contribution in [0.25, 0.3) is 5.57 Å². The molecule has 0 fully saturated rings. The monoisotopic (exact) mass is 257 g/mol. The third-order valence-corrected chi connectivity index (χ3v) is 3.56. The van der Waals surface area contributed by atoms with E-state index in [1.807, 2.05) is 25.7 Å². The van der Waals surface area contributed by atoms with E-state index in [1.165, 1.54) is 16.7 Å². The molecule has 1 aliphatic rings.